The van der Waals surface area contributed by atoms with Crippen molar-refractivity contribution in [2.45, 2.75) is 110 Å². The second-order valence-corrected chi connectivity index (χ2v) is 14.7. The van der Waals surface area contributed by atoms with E-state index in [0.29, 0.717) is 70.2 Å². The Morgan fingerprint density at radius 2 is 1.71 bits per heavy atom. The second kappa shape index (κ2) is 19.9. The molecular formula is C38H60N8O6. The fraction of sp³-hybridized carbons (Fsp3) is 0.632. The molecule has 288 valence electrons. The summed E-state index contributed by atoms with van der Waals surface area (Å²) in [5, 5.41) is 35.0. The molecule has 1 aliphatic rings. The predicted molar refractivity (Wildman–Crippen MR) is 203 cm³/mol. The Morgan fingerprint density at radius 1 is 0.981 bits per heavy atom. The number of rotatable bonds is 20. The number of hydrogen-bond acceptors (Lipinski definition) is 10. The minimum atomic E-state index is -1.16. The molecule has 14 nitrogen and oxygen atoms in total. The molecule has 14 heteroatoms. The second-order valence-electron chi connectivity index (χ2n) is 14.7. The van der Waals surface area contributed by atoms with Crippen LogP contribution in [0.3, 0.4) is 0 Å². The van der Waals surface area contributed by atoms with Crippen LogP contribution < -0.4 is 21.3 Å². The van der Waals surface area contributed by atoms with Gasteiger partial charge in [-0.1, -0.05) is 39.8 Å². The number of carbonyl (C=O) groups is 2. The van der Waals surface area contributed by atoms with Crippen LogP contribution in [-0.2, 0) is 19.7 Å². The summed E-state index contributed by atoms with van der Waals surface area (Å²) < 4.78 is 13.4. The van der Waals surface area contributed by atoms with E-state index in [1.54, 1.807) is 10.8 Å². The van der Waals surface area contributed by atoms with Crippen molar-refractivity contribution < 1.29 is 29.3 Å². The third kappa shape index (κ3) is 11.9. The summed E-state index contributed by atoms with van der Waals surface area (Å²) >= 11 is 0. The first-order valence-corrected chi connectivity index (χ1v) is 18.7. The number of nitrogens with zero attached hydrogens (tertiary/aromatic N) is 4. The van der Waals surface area contributed by atoms with E-state index in [0.717, 1.165) is 30.3 Å². The van der Waals surface area contributed by atoms with Crippen LogP contribution in [0.1, 0.15) is 85.4 Å². The van der Waals surface area contributed by atoms with Crippen LogP contribution in [0.2, 0.25) is 0 Å². The topological polar surface area (TPSA) is 175 Å². The van der Waals surface area contributed by atoms with Crippen molar-refractivity contribution in [1.82, 2.24) is 30.1 Å². The van der Waals surface area contributed by atoms with Gasteiger partial charge < -0.3 is 45.5 Å². The van der Waals surface area contributed by atoms with Crippen LogP contribution in [0.4, 0.5) is 16.3 Å². The van der Waals surface area contributed by atoms with E-state index >= 15 is 0 Å². The van der Waals surface area contributed by atoms with E-state index in [4.69, 9.17) is 9.47 Å². The summed E-state index contributed by atoms with van der Waals surface area (Å²) in [6.07, 6.45) is 3.21. The Morgan fingerprint density at radius 3 is 2.42 bits per heavy atom. The standard InChI is InChI=1S/C38H60N8O6/c1-7-22-51-23-16-31(47)39-17-8-9-18-40-34-29-15-21-46(35(29)43-25-42-34)36-33(49)32(48)30(52-36)24-45(26(2)3)20-10-19-41-37(50)44-28-13-11-27(12-14-28)38(4,5)6/h11-15,21,25-26,30,32-33,36,48-49H,7-10,16-20,22-24H2,1-6H3,(H,39,47)(H,40,42,43)(H2,41,44,50)/t30-,32?,33+,36-/m1/s1. The molecule has 0 aliphatic carbocycles. The quantitative estimate of drug-likeness (QED) is 0.0917. The Kier molecular flexibility index (Phi) is 15.6. The van der Waals surface area contributed by atoms with Gasteiger partial charge in [0, 0.05) is 63.7 Å². The SMILES string of the molecule is CCCOCCC(=O)NCCCCNc1ncnc2c1ccn2[C@@H]1O[C@H](CN(CCCNC(=O)Nc2ccc(C(C)(C)C)cc2)C(C)C)C(O)[C@@H]1O. The average molecular weight is 725 g/mol. The Hall–Kier alpha value is -3.82. The summed E-state index contributed by atoms with van der Waals surface area (Å²) in [6.45, 7) is 16.6. The van der Waals surface area contributed by atoms with Gasteiger partial charge in [-0.05, 0) is 68.7 Å². The van der Waals surface area contributed by atoms with E-state index in [-0.39, 0.29) is 23.4 Å². The first-order chi connectivity index (χ1) is 24.9. The maximum Gasteiger partial charge on any atom is 0.319 e. The smallest absolute Gasteiger partial charge is 0.319 e. The zero-order valence-electron chi connectivity index (χ0n) is 31.7. The van der Waals surface area contributed by atoms with Crippen LogP contribution in [0.5, 0.6) is 0 Å². The highest BCUT2D eigenvalue weighted by molar-refractivity contribution is 5.89. The molecule has 1 saturated heterocycles. The van der Waals surface area contributed by atoms with Crippen molar-refractivity contribution in [3.63, 3.8) is 0 Å². The molecule has 0 bridgehead atoms. The molecule has 4 atom stereocenters. The number of unbranched alkanes of at least 4 members (excludes halogenated alkanes) is 1. The molecule has 3 amide bonds. The minimum absolute atomic E-state index is 0.00353. The normalized spacial score (nSPS) is 19.0. The van der Waals surface area contributed by atoms with Crippen molar-refractivity contribution >= 4 is 34.5 Å². The van der Waals surface area contributed by atoms with Crippen molar-refractivity contribution in [1.29, 1.82) is 0 Å². The van der Waals surface area contributed by atoms with E-state index in [9.17, 15) is 19.8 Å². The third-order valence-corrected chi connectivity index (χ3v) is 9.22. The molecule has 1 unspecified atom stereocenters. The maximum absolute atomic E-state index is 12.5. The molecule has 1 aliphatic heterocycles. The number of ether oxygens (including phenoxy) is 2. The molecule has 3 heterocycles. The number of fused-ring (bicyclic) bond motifs is 1. The average Bonchev–Trinajstić information content (AvgIpc) is 3.66. The molecule has 1 aromatic carbocycles. The lowest BCUT2D eigenvalue weighted by Crippen LogP contribution is -2.44. The highest BCUT2D eigenvalue weighted by Gasteiger charge is 2.44. The molecule has 0 spiro atoms. The fourth-order valence-corrected chi connectivity index (χ4v) is 6.12. The molecule has 1 fully saturated rings. The molecule has 4 rings (SSSR count). The molecular weight excluding hydrogens is 664 g/mol. The number of benzene rings is 1. The Bertz CT molecular complexity index is 1540. The molecule has 6 N–H and O–H groups in total. The first-order valence-electron chi connectivity index (χ1n) is 18.7. The summed E-state index contributed by atoms with van der Waals surface area (Å²) in [6, 6.07) is 9.65. The van der Waals surface area contributed by atoms with Crippen LogP contribution >= 0.6 is 0 Å². The number of nitrogens with one attached hydrogen (secondary N) is 4. The van der Waals surface area contributed by atoms with Gasteiger partial charge in [0.05, 0.1) is 12.0 Å². The van der Waals surface area contributed by atoms with Gasteiger partial charge in [-0.2, -0.15) is 0 Å². The Labute approximate surface area is 308 Å². The number of anilines is 2. The zero-order chi connectivity index (χ0) is 37.7. The van der Waals surface area contributed by atoms with Crippen molar-refractivity contribution in [3.05, 3.63) is 48.4 Å². The predicted octanol–water partition coefficient (Wildman–Crippen LogP) is 4.40. The summed E-state index contributed by atoms with van der Waals surface area (Å²) in [5.41, 5.74) is 2.57. The highest BCUT2D eigenvalue weighted by Crippen LogP contribution is 2.34. The minimum Gasteiger partial charge on any atom is -0.387 e. The van der Waals surface area contributed by atoms with Crippen molar-refractivity contribution in [2.75, 3.05) is 56.6 Å². The number of aliphatic hydroxyl groups excluding tert-OH is 2. The van der Waals surface area contributed by atoms with E-state index in [2.05, 4.69) is 70.8 Å². The van der Waals surface area contributed by atoms with Gasteiger partial charge in [0.1, 0.15) is 36.1 Å². The van der Waals surface area contributed by atoms with Gasteiger partial charge in [0.25, 0.3) is 0 Å². The fourth-order valence-electron chi connectivity index (χ4n) is 6.12. The first kappa shape index (κ1) is 40.9. The van der Waals surface area contributed by atoms with Crippen LogP contribution in [0, 0.1) is 0 Å². The number of aliphatic hydroxyl groups is 2. The van der Waals surface area contributed by atoms with Gasteiger partial charge in [-0.3, -0.25) is 9.69 Å². The van der Waals surface area contributed by atoms with Crippen molar-refractivity contribution in [2.24, 2.45) is 0 Å². The van der Waals surface area contributed by atoms with Crippen LogP contribution in [0.15, 0.2) is 42.9 Å². The maximum atomic E-state index is 12.5. The van der Waals surface area contributed by atoms with Crippen LogP contribution in [-0.4, -0.2) is 112 Å². The van der Waals surface area contributed by atoms with Crippen molar-refractivity contribution in [3.8, 4) is 0 Å². The number of amides is 3. The molecule has 2 aromatic heterocycles. The van der Waals surface area contributed by atoms with E-state index < -0.39 is 24.5 Å². The van der Waals surface area contributed by atoms with E-state index in [1.165, 1.54) is 11.9 Å². The van der Waals surface area contributed by atoms with Gasteiger partial charge in [0.15, 0.2) is 6.23 Å². The summed E-state index contributed by atoms with van der Waals surface area (Å²) in [4.78, 5) is 35.5. The lowest BCUT2D eigenvalue weighted by atomic mass is 9.87. The molecule has 0 radical (unpaired) electrons. The Balaban J connectivity index is 1.23. The van der Waals surface area contributed by atoms with Gasteiger partial charge in [-0.25, -0.2) is 14.8 Å². The molecule has 0 saturated carbocycles. The highest BCUT2D eigenvalue weighted by atomic mass is 16.6. The zero-order valence-corrected chi connectivity index (χ0v) is 31.7. The lowest BCUT2D eigenvalue weighted by molar-refractivity contribution is -0.122. The largest absolute Gasteiger partial charge is 0.387 e. The number of hydrogen-bond donors (Lipinski definition) is 6. The number of urea groups is 1. The van der Waals surface area contributed by atoms with Gasteiger partial charge >= 0.3 is 6.03 Å². The summed E-state index contributed by atoms with van der Waals surface area (Å²) in [7, 11) is 0. The number of carbonyl (C=O) groups excluding carboxylic acids is 2. The number of aromatic nitrogens is 3. The molecule has 52 heavy (non-hydrogen) atoms. The summed E-state index contributed by atoms with van der Waals surface area (Å²) in [5.74, 6) is 0.661. The van der Waals surface area contributed by atoms with E-state index in [1.807, 2.05) is 37.3 Å². The lowest BCUT2D eigenvalue weighted by Gasteiger charge is -2.30. The van der Waals surface area contributed by atoms with Gasteiger partial charge in [-0.15, -0.1) is 0 Å². The molecule has 3 aromatic rings. The monoisotopic (exact) mass is 724 g/mol. The third-order valence-electron chi connectivity index (χ3n) is 9.22. The van der Waals surface area contributed by atoms with Gasteiger partial charge in [0.2, 0.25) is 5.91 Å². The van der Waals surface area contributed by atoms with Crippen LogP contribution in [0.25, 0.3) is 11.0 Å².